The van der Waals surface area contributed by atoms with Gasteiger partial charge in [0.1, 0.15) is 11.3 Å². The second-order valence-corrected chi connectivity index (χ2v) is 7.54. The van der Waals surface area contributed by atoms with Crippen LogP contribution < -0.4 is 5.56 Å². The number of hydrogen-bond donors (Lipinski definition) is 1. The number of hydrogen-bond acceptors (Lipinski definition) is 4. The summed E-state index contributed by atoms with van der Waals surface area (Å²) in [4.78, 5) is 31.7. The number of halogens is 1. The summed E-state index contributed by atoms with van der Waals surface area (Å²) < 4.78 is 15.7. The zero-order valence-corrected chi connectivity index (χ0v) is 16.1. The molecule has 1 fully saturated rings. The van der Waals surface area contributed by atoms with Crippen molar-refractivity contribution in [3.8, 4) is 0 Å². The van der Waals surface area contributed by atoms with Gasteiger partial charge in [-0.1, -0.05) is 12.1 Å². The van der Waals surface area contributed by atoms with Gasteiger partial charge in [-0.3, -0.25) is 9.59 Å². The summed E-state index contributed by atoms with van der Waals surface area (Å²) in [5, 5.41) is 10.9. The average molecular weight is 406 g/mol. The molecule has 1 saturated heterocycles. The van der Waals surface area contributed by atoms with Gasteiger partial charge < -0.3 is 14.7 Å². The summed E-state index contributed by atoms with van der Waals surface area (Å²) in [6.07, 6.45) is 6.52. The van der Waals surface area contributed by atoms with Crippen LogP contribution in [0.25, 0.3) is 21.8 Å². The van der Waals surface area contributed by atoms with E-state index in [2.05, 4.69) is 4.98 Å². The Morgan fingerprint density at radius 3 is 2.60 bits per heavy atom. The quantitative estimate of drug-likeness (QED) is 0.531. The fourth-order valence-corrected chi connectivity index (χ4v) is 4.13. The van der Waals surface area contributed by atoms with Crippen molar-refractivity contribution in [2.75, 3.05) is 13.1 Å². The van der Waals surface area contributed by atoms with Crippen LogP contribution in [0.2, 0.25) is 0 Å². The Morgan fingerprint density at radius 1 is 1.13 bits per heavy atom. The van der Waals surface area contributed by atoms with Crippen molar-refractivity contribution < 1.29 is 14.4 Å². The van der Waals surface area contributed by atoms with Crippen molar-refractivity contribution in [1.29, 1.82) is 0 Å². The molecule has 0 atom stereocenters. The van der Waals surface area contributed by atoms with Crippen molar-refractivity contribution in [3.63, 3.8) is 0 Å². The number of aromatic nitrogens is 3. The maximum absolute atomic E-state index is 13.3. The van der Waals surface area contributed by atoms with Gasteiger partial charge in [0.05, 0.1) is 17.3 Å². The standard InChI is InChI=1S/C22H19FN4O3/c23-15-5-3-14(4-6-15)12-26-13-17(21(28)25-8-1-2-9-25)19-16-7-10-27(30)22(29)20(16)24-11-18(19)26/h3-7,10-11,13,30H,1-2,8-9,12H2. The zero-order valence-electron chi connectivity index (χ0n) is 16.1. The molecule has 0 radical (unpaired) electrons. The summed E-state index contributed by atoms with van der Waals surface area (Å²) in [5.41, 5.74) is 1.53. The van der Waals surface area contributed by atoms with Crippen molar-refractivity contribution >= 4 is 27.7 Å². The summed E-state index contributed by atoms with van der Waals surface area (Å²) in [7, 11) is 0. The van der Waals surface area contributed by atoms with E-state index in [0.29, 0.717) is 46.2 Å². The summed E-state index contributed by atoms with van der Waals surface area (Å²) in [6, 6.07) is 7.78. The van der Waals surface area contributed by atoms with Crippen LogP contribution in [0, 0.1) is 5.82 Å². The molecule has 0 bridgehead atoms. The molecule has 0 spiro atoms. The van der Waals surface area contributed by atoms with E-state index < -0.39 is 5.56 Å². The van der Waals surface area contributed by atoms with Gasteiger partial charge in [0.25, 0.3) is 5.91 Å². The number of rotatable bonds is 3. The topological polar surface area (TPSA) is 80.4 Å². The van der Waals surface area contributed by atoms with E-state index in [1.165, 1.54) is 18.3 Å². The molecule has 1 N–H and O–H groups in total. The van der Waals surface area contributed by atoms with Crippen molar-refractivity contribution in [1.82, 2.24) is 19.2 Å². The Labute approximate surface area is 170 Å². The Morgan fingerprint density at radius 2 is 1.87 bits per heavy atom. The highest BCUT2D eigenvalue weighted by atomic mass is 19.1. The molecule has 1 aliphatic heterocycles. The summed E-state index contributed by atoms with van der Waals surface area (Å²) in [5.74, 6) is -0.398. The number of fused-ring (bicyclic) bond motifs is 3. The van der Waals surface area contributed by atoms with E-state index in [4.69, 9.17) is 0 Å². The van der Waals surface area contributed by atoms with Crippen LogP contribution in [0.3, 0.4) is 0 Å². The molecular formula is C22H19FN4O3. The van der Waals surface area contributed by atoms with Gasteiger partial charge >= 0.3 is 5.56 Å². The van der Waals surface area contributed by atoms with Gasteiger partial charge in [-0.25, -0.2) is 9.37 Å². The predicted octanol–water partition coefficient (Wildman–Crippen LogP) is 3.01. The highest BCUT2D eigenvalue weighted by molar-refractivity contribution is 6.16. The van der Waals surface area contributed by atoms with Crippen LogP contribution in [-0.4, -0.2) is 43.4 Å². The minimum atomic E-state index is -0.639. The average Bonchev–Trinajstić information content (AvgIpc) is 3.41. The first-order valence-corrected chi connectivity index (χ1v) is 9.79. The first-order valence-electron chi connectivity index (χ1n) is 9.79. The second-order valence-electron chi connectivity index (χ2n) is 7.54. The van der Waals surface area contributed by atoms with Gasteiger partial charge in [0, 0.05) is 42.8 Å². The van der Waals surface area contributed by atoms with E-state index in [9.17, 15) is 19.2 Å². The normalized spacial score (nSPS) is 14.1. The minimum absolute atomic E-state index is 0.0870. The number of carbonyl (C=O) groups excluding carboxylic acids is 1. The molecule has 3 aromatic heterocycles. The number of amides is 1. The molecule has 1 aromatic carbocycles. The molecule has 0 aliphatic carbocycles. The van der Waals surface area contributed by atoms with E-state index in [1.807, 2.05) is 9.47 Å². The largest absolute Gasteiger partial charge is 0.425 e. The van der Waals surface area contributed by atoms with Crippen molar-refractivity contribution in [2.24, 2.45) is 0 Å². The molecule has 1 amide bonds. The second kappa shape index (κ2) is 6.98. The van der Waals surface area contributed by atoms with Crippen LogP contribution in [0.5, 0.6) is 0 Å². The lowest BCUT2D eigenvalue weighted by Crippen LogP contribution is -2.27. The molecule has 30 heavy (non-hydrogen) atoms. The monoisotopic (exact) mass is 406 g/mol. The smallest absolute Gasteiger partial charge is 0.309 e. The fraction of sp³-hybridized carbons (Fsp3) is 0.227. The summed E-state index contributed by atoms with van der Waals surface area (Å²) >= 11 is 0. The first kappa shape index (κ1) is 18.4. The molecule has 0 unspecified atom stereocenters. The third kappa shape index (κ3) is 2.92. The number of carbonyl (C=O) groups is 1. The van der Waals surface area contributed by atoms with Crippen LogP contribution >= 0.6 is 0 Å². The minimum Gasteiger partial charge on any atom is -0.425 e. The molecule has 4 aromatic rings. The number of benzene rings is 1. The van der Waals surface area contributed by atoms with Crippen LogP contribution in [0.15, 0.2) is 53.7 Å². The molecule has 8 heteroatoms. The van der Waals surface area contributed by atoms with Gasteiger partial charge in [-0.05, 0) is 36.6 Å². The van der Waals surface area contributed by atoms with Gasteiger partial charge in [-0.15, -0.1) is 0 Å². The molecule has 0 saturated carbocycles. The molecule has 1 aliphatic rings. The lowest BCUT2D eigenvalue weighted by atomic mass is 10.1. The molecule has 5 rings (SSSR count). The van der Waals surface area contributed by atoms with Gasteiger partial charge in [0.2, 0.25) is 0 Å². The highest BCUT2D eigenvalue weighted by Gasteiger charge is 2.25. The Hall–Kier alpha value is -3.68. The molecule has 4 heterocycles. The van der Waals surface area contributed by atoms with Crippen LogP contribution in [0.1, 0.15) is 28.8 Å². The Bertz CT molecular complexity index is 1330. The molecule has 7 nitrogen and oxygen atoms in total. The van der Waals surface area contributed by atoms with Crippen molar-refractivity contribution in [2.45, 2.75) is 19.4 Å². The van der Waals surface area contributed by atoms with Crippen LogP contribution in [-0.2, 0) is 6.54 Å². The number of nitrogens with zero attached hydrogens (tertiary/aromatic N) is 4. The third-order valence-corrected chi connectivity index (χ3v) is 5.64. The molecular weight excluding hydrogens is 387 g/mol. The lowest BCUT2D eigenvalue weighted by molar-refractivity contribution is 0.0794. The first-order chi connectivity index (χ1) is 14.5. The van der Waals surface area contributed by atoms with Gasteiger partial charge in [-0.2, -0.15) is 4.73 Å². The van der Waals surface area contributed by atoms with E-state index >= 15 is 0 Å². The fourth-order valence-electron chi connectivity index (χ4n) is 4.13. The number of pyridine rings is 2. The highest BCUT2D eigenvalue weighted by Crippen LogP contribution is 2.30. The maximum Gasteiger partial charge on any atom is 0.309 e. The molecule has 152 valence electrons. The zero-order chi connectivity index (χ0) is 20.8. The van der Waals surface area contributed by atoms with Gasteiger partial charge in [0.15, 0.2) is 0 Å². The SMILES string of the molecule is O=C(c1cn(Cc2ccc(F)cc2)c2cnc3c(=O)n(O)ccc3c12)N1CCCC1. The summed E-state index contributed by atoms with van der Waals surface area (Å²) in [6.45, 7) is 1.83. The van der Waals surface area contributed by atoms with Crippen molar-refractivity contribution in [3.05, 3.63) is 76.2 Å². The Kier molecular flexibility index (Phi) is 4.27. The lowest BCUT2D eigenvalue weighted by Gasteiger charge is -2.14. The van der Waals surface area contributed by atoms with Crippen LogP contribution in [0.4, 0.5) is 4.39 Å². The van der Waals surface area contributed by atoms with E-state index in [1.54, 1.807) is 30.6 Å². The third-order valence-electron chi connectivity index (χ3n) is 5.64. The predicted molar refractivity (Wildman–Crippen MR) is 109 cm³/mol. The van der Waals surface area contributed by atoms with E-state index in [-0.39, 0.29) is 17.2 Å². The maximum atomic E-state index is 13.3. The number of likely N-dealkylation sites (tertiary alicyclic amines) is 1. The Balaban J connectivity index is 1.74. The van der Waals surface area contributed by atoms with E-state index in [0.717, 1.165) is 18.4 Å².